The molecule has 1 heterocycles. The van der Waals surface area contributed by atoms with Gasteiger partial charge in [0.1, 0.15) is 0 Å². The average Bonchev–Trinajstić information content (AvgIpc) is 2.37. The number of allylic oxidation sites excluding steroid dienone is 1. The number of H-pyrrole nitrogens is 1. The van der Waals surface area contributed by atoms with Crippen molar-refractivity contribution in [3.63, 3.8) is 0 Å². The molecule has 0 bridgehead atoms. The van der Waals surface area contributed by atoms with Gasteiger partial charge in [-0.3, -0.25) is 9.59 Å². The van der Waals surface area contributed by atoms with Crippen LogP contribution in [0.25, 0.3) is 6.08 Å². The second-order valence-corrected chi connectivity index (χ2v) is 5.49. The number of ketones is 1. The lowest BCUT2D eigenvalue weighted by atomic mass is 9.99. The van der Waals surface area contributed by atoms with Crippen molar-refractivity contribution in [1.82, 2.24) is 4.98 Å². The molecule has 4 heteroatoms. The van der Waals surface area contributed by atoms with Crippen molar-refractivity contribution in [2.75, 3.05) is 0 Å². The zero-order valence-electron chi connectivity index (χ0n) is 12.2. The van der Waals surface area contributed by atoms with E-state index in [0.29, 0.717) is 16.2 Å². The summed E-state index contributed by atoms with van der Waals surface area (Å²) in [5, 5.41) is 0.605. The molecular weight excluding hydrogens is 286 g/mol. The lowest BCUT2D eigenvalue weighted by molar-refractivity contribution is 0.103. The van der Waals surface area contributed by atoms with E-state index < -0.39 is 0 Å². The van der Waals surface area contributed by atoms with E-state index in [2.05, 4.69) is 4.98 Å². The maximum absolute atomic E-state index is 12.5. The molecule has 1 aromatic heterocycles. The van der Waals surface area contributed by atoms with Gasteiger partial charge in [0, 0.05) is 10.7 Å². The molecule has 0 unspecified atom stereocenters. The first-order chi connectivity index (χ1) is 9.88. The molecule has 0 amide bonds. The van der Waals surface area contributed by atoms with E-state index in [4.69, 9.17) is 11.6 Å². The van der Waals surface area contributed by atoms with Crippen LogP contribution in [0.5, 0.6) is 0 Å². The van der Waals surface area contributed by atoms with E-state index in [1.165, 1.54) is 0 Å². The van der Waals surface area contributed by atoms with Crippen molar-refractivity contribution in [3.8, 4) is 0 Å². The van der Waals surface area contributed by atoms with Crippen LogP contribution in [0.3, 0.4) is 0 Å². The third-order valence-corrected chi connectivity index (χ3v) is 3.42. The van der Waals surface area contributed by atoms with Gasteiger partial charge in [-0.1, -0.05) is 23.7 Å². The van der Waals surface area contributed by atoms with Crippen LogP contribution in [0.1, 0.15) is 34.1 Å². The Kier molecular flexibility index (Phi) is 4.43. The van der Waals surface area contributed by atoms with Crippen LogP contribution in [0.4, 0.5) is 0 Å². The molecule has 0 atom stereocenters. The van der Waals surface area contributed by atoms with E-state index >= 15 is 0 Å². The monoisotopic (exact) mass is 301 g/mol. The van der Waals surface area contributed by atoms with E-state index in [0.717, 1.165) is 11.3 Å². The number of carbonyl (C=O) groups is 1. The molecule has 21 heavy (non-hydrogen) atoms. The maximum Gasteiger partial charge on any atom is 0.259 e. The second-order valence-electron chi connectivity index (χ2n) is 5.05. The lowest BCUT2D eigenvalue weighted by Crippen LogP contribution is -2.21. The van der Waals surface area contributed by atoms with Gasteiger partial charge in [0.25, 0.3) is 5.56 Å². The van der Waals surface area contributed by atoms with Gasteiger partial charge in [0.15, 0.2) is 5.78 Å². The fourth-order valence-electron chi connectivity index (χ4n) is 2.24. The fraction of sp³-hybridized carbons (Fsp3) is 0.176. The number of halogens is 1. The Balaban J connectivity index is 2.43. The molecule has 0 aliphatic heterocycles. The van der Waals surface area contributed by atoms with Crippen LogP contribution in [0.2, 0.25) is 5.02 Å². The molecule has 0 radical (unpaired) electrons. The van der Waals surface area contributed by atoms with Crippen LogP contribution in [0.15, 0.2) is 40.7 Å². The first kappa shape index (κ1) is 15.3. The molecule has 2 aromatic rings. The molecule has 0 fully saturated rings. The summed E-state index contributed by atoms with van der Waals surface area (Å²) < 4.78 is 0. The number of carbonyl (C=O) groups excluding carboxylic acids is 1. The molecule has 0 saturated heterocycles. The Hall–Kier alpha value is -2.13. The van der Waals surface area contributed by atoms with Crippen LogP contribution < -0.4 is 5.56 Å². The van der Waals surface area contributed by atoms with Crippen molar-refractivity contribution in [2.45, 2.75) is 20.8 Å². The topological polar surface area (TPSA) is 49.9 Å². The number of benzene rings is 1. The molecule has 0 aliphatic carbocycles. The highest BCUT2D eigenvalue weighted by atomic mass is 35.5. The third-order valence-electron chi connectivity index (χ3n) is 3.18. The molecule has 0 saturated carbocycles. The fourth-order valence-corrected chi connectivity index (χ4v) is 2.44. The summed E-state index contributed by atoms with van der Waals surface area (Å²) in [6.07, 6.45) is 1.73. The Bertz CT molecular complexity index is 788. The molecular formula is C17H16ClNO2. The summed E-state index contributed by atoms with van der Waals surface area (Å²) in [4.78, 5) is 27.1. The van der Waals surface area contributed by atoms with Crippen LogP contribution >= 0.6 is 11.6 Å². The van der Waals surface area contributed by atoms with Crippen LogP contribution in [-0.2, 0) is 0 Å². The highest BCUT2D eigenvalue weighted by Crippen LogP contribution is 2.16. The first-order valence-corrected chi connectivity index (χ1v) is 6.95. The van der Waals surface area contributed by atoms with Crippen LogP contribution in [0, 0.1) is 13.8 Å². The number of aromatic nitrogens is 1. The first-order valence-electron chi connectivity index (χ1n) is 6.57. The van der Waals surface area contributed by atoms with Crippen molar-refractivity contribution in [1.29, 1.82) is 0 Å². The Morgan fingerprint density at radius 1 is 1.24 bits per heavy atom. The predicted octanol–water partition coefficient (Wildman–Crippen LogP) is 3.93. The number of nitrogens with one attached hydrogen (secondary N) is 1. The zero-order chi connectivity index (χ0) is 15.6. The summed E-state index contributed by atoms with van der Waals surface area (Å²) in [7, 11) is 0. The Morgan fingerprint density at radius 2 is 1.95 bits per heavy atom. The molecule has 2 rings (SSSR count). The number of pyridine rings is 1. The highest BCUT2D eigenvalue weighted by molar-refractivity contribution is 6.30. The van der Waals surface area contributed by atoms with Gasteiger partial charge in [-0.05, 0) is 61.7 Å². The van der Waals surface area contributed by atoms with Crippen molar-refractivity contribution < 1.29 is 4.79 Å². The third kappa shape index (κ3) is 3.50. The van der Waals surface area contributed by atoms with Gasteiger partial charge >= 0.3 is 0 Å². The zero-order valence-corrected chi connectivity index (χ0v) is 12.9. The van der Waals surface area contributed by atoms with Gasteiger partial charge in [0.05, 0.1) is 5.56 Å². The van der Waals surface area contributed by atoms with Gasteiger partial charge in [0.2, 0.25) is 0 Å². The summed E-state index contributed by atoms with van der Waals surface area (Å²) in [5.74, 6) is -0.270. The SMILES string of the molecule is C/C(=C\c1cccc(Cl)c1)C(=O)c1c(C)cc(C)[nH]c1=O. The van der Waals surface area contributed by atoms with E-state index in [-0.39, 0.29) is 16.9 Å². The number of Topliss-reactive ketones (excluding diaryl/α,β-unsaturated/α-hetero) is 1. The van der Waals surface area contributed by atoms with Gasteiger partial charge in [-0.2, -0.15) is 0 Å². The van der Waals surface area contributed by atoms with E-state index in [9.17, 15) is 9.59 Å². The minimum atomic E-state index is -0.351. The van der Waals surface area contributed by atoms with E-state index in [1.54, 1.807) is 45.0 Å². The largest absolute Gasteiger partial charge is 0.326 e. The molecule has 0 spiro atoms. The van der Waals surface area contributed by atoms with Crippen molar-refractivity contribution in [3.05, 3.63) is 73.7 Å². The normalized spacial score (nSPS) is 11.5. The number of hydrogen-bond acceptors (Lipinski definition) is 2. The number of aryl methyl sites for hydroxylation is 2. The Morgan fingerprint density at radius 3 is 2.57 bits per heavy atom. The summed E-state index contributed by atoms with van der Waals surface area (Å²) in [6, 6.07) is 9.00. The van der Waals surface area contributed by atoms with Gasteiger partial charge < -0.3 is 4.98 Å². The van der Waals surface area contributed by atoms with E-state index in [1.807, 2.05) is 12.1 Å². The minimum Gasteiger partial charge on any atom is -0.326 e. The molecule has 0 aliphatic rings. The highest BCUT2D eigenvalue weighted by Gasteiger charge is 2.15. The molecule has 108 valence electrons. The average molecular weight is 302 g/mol. The van der Waals surface area contributed by atoms with Crippen molar-refractivity contribution in [2.24, 2.45) is 0 Å². The summed E-state index contributed by atoms with van der Waals surface area (Å²) >= 11 is 5.92. The number of aromatic amines is 1. The maximum atomic E-state index is 12.5. The van der Waals surface area contributed by atoms with Gasteiger partial charge in [-0.15, -0.1) is 0 Å². The second kappa shape index (κ2) is 6.10. The minimum absolute atomic E-state index is 0.191. The van der Waals surface area contributed by atoms with Crippen LogP contribution in [-0.4, -0.2) is 10.8 Å². The molecule has 1 N–H and O–H groups in total. The predicted molar refractivity (Wildman–Crippen MR) is 86.0 cm³/mol. The smallest absolute Gasteiger partial charge is 0.259 e. The molecule has 3 nitrogen and oxygen atoms in total. The number of rotatable bonds is 3. The van der Waals surface area contributed by atoms with Crippen molar-refractivity contribution >= 4 is 23.5 Å². The number of hydrogen-bond donors (Lipinski definition) is 1. The Labute approximate surface area is 128 Å². The van der Waals surface area contributed by atoms with Gasteiger partial charge in [-0.25, -0.2) is 0 Å². The lowest BCUT2D eigenvalue weighted by Gasteiger charge is -2.06. The standard InChI is InChI=1S/C17H16ClNO2/c1-10-7-12(3)19-17(21)15(10)16(20)11(2)8-13-5-4-6-14(18)9-13/h4-9H,1-3H3,(H,19,21)/b11-8+. The molecule has 1 aromatic carbocycles. The summed E-state index contributed by atoms with van der Waals surface area (Å²) in [6.45, 7) is 5.25. The summed E-state index contributed by atoms with van der Waals surface area (Å²) in [5.41, 5.74) is 2.59. The quantitative estimate of drug-likeness (QED) is 0.690.